The van der Waals surface area contributed by atoms with E-state index < -0.39 is 0 Å². The highest BCUT2D eigenvalue weighted by atomic mass is 16.5. The van der Waals surface area contributed by atoms with Gasteiger partial charge >= 0.3 is 0 Å². The third-order valence-corrected chi connectivity index (χ3v) is 1.35. The highest BCUT2D eigenvalue weighted by molar-refractivity contribution is 5.49. The largest absolute Gasteiger partial charge is 0.493 e. The number of hydrogen-bond donors (Lipinski definition) is 2. The van der Waals surface area contributed by atoms with Crippen molar-refractivity contribution in [2.75, 3.05) is 12.5 Å². The Balaban J connectivity index is 3.06. The Hall–Kier alpha value is -1.29. The molecule has 1 aromatic heterocycles. The van der Waals surface area contributed by atoms with Crippen LogP contribution in [0.1, 0.15) is 5.56 Å². The van der Waals surface area contributed by atoms with Gasteiger partial charge in [-0.15, -0.1) is 0 Å². The van der Waals surface area contributed by atoms with Crippen LogP contribution in [-0.2, 0) is 0 Å². The Kier molecular flexibility index (Phi) is 2.28. The third-order valence-electron chi connectivity index (χ3n) is 1.35. The number of nitrogens with two attached hydrogens (primary N) is 1. The molecule has 0 unspecified atom stereocenters. The van der Waals surface area contributed by atoms with E-state index in [0.717, 1.165) is 5.56 Å². The average Bonchev–Trinajstić information content (AvgIpc) is 2.04. The smallest absolute Gasteiger partial charge is 0.182 e. The molecule has 60 valence electrons. The first-order valence-corrected chi connectivity index (χ1v) is 3.25. The van der Waals surface area contributed by atoms with Crippen molar-refractivity contribution >= 4 is 5.82 Å². The minimum Gasteiger partial charge on any atom is -0.493 e. The molecule has 0 spiro atoms. The number of pyridine rings is 1. The maximum absolute atomic E-state index is 5.18. The number of nitrogens with one attached hydrogen (secondary N) is 1. The predicted octanol–water partition coefficient (Wildman–Crippen LogP) is 0.684. The Morgan fingerprint density at radius 2 is 2.36 bits per heavy atom. The van der Waals surface area contributed by atoms with Crippen molar-refractivity contribution in [1.29, 1.82) is 0 Å². The molecule has 0 aromatic carbocycles. The predicted molar refractivity (Wildman–Crippen MR) is 43.3 cm³/mol. The molecule has 1 aromatic rings. The molecule has 4 heteroatoms. The summed E-state index contributed by atoms with van der Waals surface area (Å²) in [4.78, 5) is 4.01. The molecule has 0 aliphatic rings. The van der Waals surface area contributed by atoms with Crippen LogP contribution >= 0.6 is 0 Å². The molecule has 0 bridgehead atoms. The van der Waals surface area contributed by atoms with Crippen LogP contribution in [0.5, 0.6) is 5.75 Å². The summed E-state index contributed by atoms with van der Waals surface area (Å²) in [7, 11) is 1.58. The van der Waals surface area contributed by atoms with Gasteiger partial charge in [0, 0.05) is 6.20 Å². The van der Waals surface area contributed by atoms with E-state index in [0.29, 0.717) is 11.6 Å². The number of aromatic nitrogens is 1. The fourth-order valence-electron chi connectivity index (χ4n) is 0.806. The highest BCUT2D eigenvalue weighted by Crippen LogP contribution is 2.20. The molecular formula is C7H11N3O. The van der Waals surface area contributed by atoms with Gasteiger partial charge in [-0.1, -0.05) is 0 Å². The first kappa shape index (κ1) is 7.81. The monoisotopic (exact) mass is 153 g/mol. The van der Waals surface area contributed by atoms with Crippen molar-refractivity contribution < 1.29 is 4.74 Å². The van der Waals surface area contributed by atoms with Crippen LogP contribution in [0.2, 0.25) is 0 Å². The molecule has 0 fully saturated rings. The van der Waals surface area contributed by atoms with Gasteiger partial charge in [0.1, 0.15) is 0 Å². The van der Waals surface area contributed by atoms with Crippen molar-refractivity contribution in [3.63, 3.8) is 0 Å². The Morgan fingerprint density at radius 1 is 1.64 bits per heavy atom. The molecule has 0 radical (unpaired) electrons. The molecule has 0 aliphatic carbocycles. The van der Waals surface area contributed by atoms with E-state index >= 15 is 0 Å². The number of nitrogen functional groups attached to an aromatic ring is 1. The molecular weight excluding hydrogens is 142 g/mol. The highest BCUT2D eigenvalue weighted by Gasteiger charge is 2.00. The van der Waals surface area contributed by atoms with Crippen molar-refractivity contribution in [3.05, 3.63) is 17.8 Å². The minimum absolute atomic E-state index is 0.554. The summed E-state index contributed by atoms with van der Waals surface area (Å²) in [6, 6.07) is 1.86. The van der Waals surface area contributed by atoms with Crippen LogP contribution in [0, 0.1) is 6.92 Å². The summed E-state index contributed by atoms with van der Waals surface area (Å²) < 4.78 is 5.01. The lowest BCUT2D eigenvalue weighted by Crippen LogP contribution is -2.09. The van der Waals surface area contributed by atoms with Crippen molar-refractivity contribution in [3.8, 4) is 5.75 Å². The van der Waals surface area contributed by atoms with Crippen LogP contribution in [0.4, 0.5) is 5.82 Å². The summed E-state index contributed by atoms with van der Waals surface area (Å²) in [5.74, 6) is 6.40. The van der Waals surface area contributed by atoms with Gasteiger partial charge in [0.25, 0.3) is 0 Å². The van der Waals surface area contributed by atoms with Crippen molar-refractivity contribution in [2.24, 2.45) is 5.84 Å². The number of methoxy groups -OCH3 is 1. The first-order chi connectivity index (χ1) is 5.27. The van der Waals surface area contributed by atoms with E-state index in [1.54, 1.807) is 13.3 Å². The van der Waals surface area contributed by atoms with Crippen LogP contribution in [0.15, 0.2) is 12.3 Å². The third kappa shape index (κ3) is 1.59. The minimum atomic E-state index is 0.554. The number of hydrazine groups is 1. The summed E-state index contributed by atoms with van der Waals surface area (Å²) in [6.07, 6.45) is 1.72. The normalized spacial score (nSPS) is 9.36. The molecule has 3 N–H and O–H groups in total. The van der Waals surface area contributed by atoms with E-state index in [4.69, 9.17) is 10.6 Å². The second-order valence-corrected chi connectivity index (χ2v) is 2.21. The average molecular weight is 153 g/mol. The lowest BCUT2D eigenvalue weighted by atomic mass is 10.3. The molecule has 0 atom stereocenters. The Morgan fingerprint density at radius 3 is 2.91 bits per heavy atom. The summed E-state index contributed by atoms with van der Waals surface area (Å²) >= 11 is 0. The maximum Gasteiger partial charge on any atom is 0.182 e. The molecule has 4 nitrogen and oxygen atoms in total. The fourth-order valence-corrected chi connectivity index (χ4v) is 0.806. The zero-order valence-corrected chi connectivity index (χ0v) is 6.59. The van der Waals surface area contributed by atoms with Crippen LogP contribution < -0.4 is 16.0 Å². The van der Waals surface area contributed by atoms with Crippen molar-refractivity contribution in [2.45, 2.75) is 6.92 Å². The molecule has 0 saturated carbocycles. The van der Waals surface area contributed by atoms with Gasteiger partial charge < -0.3 is 10.2 Å². The standard InChI is InChI=1S/C7H11N3O/c1-5-3-6(11-2)7(10-8)9-4-5/h3-4H,8H2,1-2H3,(H,9,10). The molecule has 11 heavy (non-hydrogen) atoms. The topological polar surface area (TPSA) is 60.2 Å². The van der Waals surface area contributed by atoms with Gasteiger partial charge in [0.2, 0.25) is 0 Å². The zero-order valence-electron chi connectivity index (χ0n) is 6.59. The maximum atomic E-state index is 5.18. The van der Waals surface area contributed by atoms with E-state index in [1.165, 1.54) is 0 Å². The molecule has 1 heterocycles. The van der Waals surface area contributed by atoms with Crippen LogP contribution in [0.3, 0.4) is 0 Å². The molecule has 0 saturated heterocycles. The van der Waals surface area contributed by atoms with E-state index in [9.17, 15) is 0 Å². The lowest BCUT2D eigenvalue weighted by Gasteiger charge is -2.06. The van der Waals surface area contributed by atoms with E-state index in [1.807, 2.05) is 13.0 Å². The second-order valence-electron chi connectivity index (χ2n) is 2.21. The summed E-state index contributed by atoms with van der Waals surface area (Å²) in [5, 5.41) is 0. The van der Waals surface area contributed by atoms with Gasteiger partial charge in [-0.25, -0.2) is 10.8 Å². The van der Waals surface area contributed by atoms with Gasteiger partial charge in [-0.2, -0.15) is 0 Å². The molecule has 1 rings (SSSR count). The molecule has 0 aliphatic heterocycles. The summed E-state index contributed by atoms with van der Waals surface area (Å²) in [6.45, 7) is 1.94. The SMILES string of the molecule is COc1cc(C)cnc1NN. The lowest BCUT2D eigenvalue weighted by molar-refractivity contribution is 0.414. The second kappa shape index (κ2) is 3.21. The Labute approximate surface area is 65.4 Å². The van der Waals surface area contributed by atoms with Gasteiger partial charge in [-0.05, 0) is 18.6 Å². The number of ether oxygens (including phenoxy) is 1. The number of aryl methyl sites for hydroxylation is 1. The van der Waals surface area contributed by atoms with Gasteiger partial charge in [-0.3, -0.25) is 0 Å². The van der Waals surface area contributed by atoms with Gasteiger partial charge in [0.15, 0.2) is 11.6 Å². The van der Waals surface area contributed by atoms with Crippen molar-refractivity contribution in [1.82, 2.24) is 4.98 Å². The number of hydrogen-bond acceptors (Lipinski definition) is 4. The Bertz CT molecular complexity index is 249. The fraction of sp³-hybridized carbons (Fsp3) is 0.286. The quantitative estimate of drug-likeness (QED) is 0.484. The number of rotatable bonds is 2. The summed E-state index contributed by atoms with van der Waals surface area (Å²) in [5.41, 5.74) is 3.48. The van der Waals surface area contributed by atoms with E-state index in [2.05, 4.69) is 10.4 Å². The first-order valence-electron chi connectivity index (χ1n) is 3.25. The molecule has 0 amide bonds. The zero-order chi connectivity index (χ0) is 8.27. The van der Waals surface area contributed by atoms with Crippen LogP contribution in [0.25, 0.3) is 0 Å². The van der Waals surface area contributed by atoms with Crippen LogP contribution in [-0.4, -0.2) is 12.1 Å². The van der Waals surface area contributed by atoms with E-state index in [-0.39, 0.29) is 0 Å². The number of anilines is 1. The van der Waals surface area contributed by atoms with Gasteiger partial charge in [0.05, 0.1) is 7.11 Å². The number of nitrogens with zero attached hydrogens (tertiary/aromatic N) is 1.